The minimum atomic E-state index is 0.208. The molecule has 1 heterocycles. The number of hydrogen-bond donors (Lipinski definition) is 1. The second kappa shape index (κ2) is 5.83. The summed E-state index contributed by atoms with van der Waals surface area (Å²) in [7, 11) is 0. The zero-order valence-corrected chi connectivity index (χ0v) is 11.7. The van der Waals surface area contributed by atoms with E-state index in [9.17, 15) is 4.79 Å². The Kier molecular flexibility index (Phi) is 4.95. The second-order valence-electron chi connectivity index (χ2n) is 6.08. The summed E-state index contributed by atoms with van der Waals surface area (Å²) in [6.45, 7) is 13.0. The summed E-state index contributed by atoms with van der Waals surface area (Å²) in [4.78, 5) is 16.4. The van der Waals surface area contributed by atoms with Gasteiger partial charge in [0.05, 0.1) is 0 Å². The Labute approximate surface area is 105 Å². The maximum atomic E-state index is 12.0. The molecule has 0 aromatic heterocycles. The molecule has 1 fully saturated rings. The van der Waals surface area contributed by atoms with Crippen LogP contribution in [0, 0.1) is 5.92 Å². The first-order valence-electron chi connectivity index (χ1n) is 6.57. The lowest BCUT2D eigenvalue weighted by atomic mass is 10.0. The predicted octanol–water partition coefficient (Wildman–Crippen LogP) is 0.914. The zero-order valence-electron chi connectivity index (χ0n) is 11.7. The van der Waals surface area contributed by atoms with E-state index in [0.29, 0.717) is 18.9 Å². The van der Waals surface area contributed by atoms with Crippen LogP contribution in [-0.2, 0) is 4.79 Å². The van der Waals surface area contributed by atoms with Gasteiger partial charge in [-0.05, 0) is 33.2 Å². The van der Waals surface area contributed by atoms with Crippen LogP contribution in [0.2, 0.25) is 0 Å². The van der Waals surface area contributed by atoms with Gasteiger partial charge >= 0.3 is 0 Å². The number of hydrogen-bond acceptors (Lipinski definition) is 3. The molecule has 0 spiro atoms. The van der Waals surface area contributed by atoms with Gasteiger partial charge in [-0.25, -0.2) is 0 Å². The number of rotatable bonds is 3. The highest BCUT2D eigenvalue weighted by Crippen LogP contribution is 2.16. The minimum absolute atomic E-state index is 0.208. The Bertz CT molecular complexity index is 252. The quantitative estimate of drug-likeness (QED) is 0.799. The van der Waals surface area contributed by atoms with E-state index in [1.807, 2.05) is 11.8 Å². The lowest BCUT2D eigenvalue weighted by Gasteiger charge is -2.42. The van der Waals surface area contributed by atoms with E-state index in [2.05, 4.69) is 25.7 Å². The van der Waals surface area contributed by atoms with Crippen molar-refractivity contribution in [1.82, 2.24) is 9.80 Å². The first-order valence-corrected chi connectivity index (χ1v) is 6.57. The third-order valence-electron chi connectivity index (χ3n) is 3.51. The molecule has 1 atom stereocenters. The summed E-state index contributed by atoms with van der Waals surface area (Å²) in [6, 6.07) is 0. The summed E-state index contributed by atoms with van der Waals surface area (Å²) in [5.74, 6) is 0.555. The standard InChI is InChI=1S/C13H27N3O/c1-11(10-14)9-12(17)15-5-7-16(8-6-15)13(2,3)4/h11H,5-10,14H2,1-4H3. The molecule has 1 aliphatic heterocycles. The lowest BCUT2D eigenvalue weighted by molar-refractivity contribution is -0.134. The van der Waals surface area contributed by atoms with E-state index in [-0.39, 0.29) is 11.4 Å². The molecule has 100 valence electrons. The molecular weight excluding hydrogens is 214 g/mol. The molecule has 0 aromatic rings. The smallest absolute Gasteiger partial charge is 0.222 e. The Morgan fingerprint density at radius 3 is 2.18 bits per heavy atom. The Hall–Kier alpha value is -0.610. The molecule has 1 rings (SSSR count). The average molecular weight is 241 g/mol. The van der Waals surface area contributed by atoms with Crippen molar-refractivity contribution >= 4 is 5.91 Å². The van der Waals surface area contributed by atoms with Crippen LogP contribution in [0.15, 0.2) is 0 Å². The van der Waals surface area contributed by atoms with Crippen LogP contribution in [0.5, 0.6) is 0 Å². The monoisotopic (exact) mass is 241 g/mol. The van der Waals surface area contributed by atoms with Gasteiger partial charge in [-0.1, -0.05) is 6.92 Å². The topological polar surface area (TPSA) is 49.6 Å². The molecule has 1 amide bonds. The fraction of sp³-hybridized carbons (Fsp3) is 0.923. The first kappa shape index (κ1) is 14.5. The van der Waals surface area contributed by atoms with Crippen molar-refractivity contribution in [3.05, 3.63) is 0 Å². The van der Waals surface area contributed by atoms with Crippen LogP contribution >= 0.6 is 0 Å². The predicted molar refractivity (Wildman–Crippen MR) is 70.7 cm³/mol. The van der Waals surface area contributed by atoms with Crippen molar-refractivity contribution in [3.8, 4) is 0 Å². The van der Waals surface area contributed by atoms with E-state index in [1.165, 1.54) is 0 Å². The molecule has 1 unspecified atom stereocenters. The van der Waals surface area contributed by atoms with E-state index >= 15 is 0 Å². The van der Waals surface area contributed by atoms with Crippen molar-refractivity contribution in [2.24, 2.45) is 11.7 Å². The summed E-state index contributed by atoms with van der Waals surface area (Å²) < 4.78 is 0. The van der Waals surface area contributed by atoms with Crippen molar-refractivity contribution in [2.45, 2.75) is 39.7 Å². The van der Waals surface area contributed by atoms with Crippen molar-refractivity contribution in [1.29, 1.82) is 0 Å². The largest absolute Gasteiger partial charge is 0.340 e. The van der Waals surface area contributed by atoms with Crippen LogP contribution in [0.3, 0.4) is 0 Å². The van der Waals surface area contributed by atoms with Crippen molar-refractivity contribution < 1.29 is 4.79 Å². The fourth-order valence-corrected chi connectivity index (χ4v) is 2.14. The average Bonchev–Trinajstić information content (AvgIpc) is 2.27. The number of carbonyl (C=O) groups excluding carboxylic acids is 1. The zero-order chi connectivity index (χ0) is 13.1. The molecule has 0 radical (unpaired) electrons. The minimum Gasteiger partial charge on any atom is -0.340 e. The highest BCUT2D eigenvalue weighted by atomic mass is 16.2. The molecule has 4 heteroatoms. The molecule has 0 saturated carbocycles. The van der Waals surface area contributed by atoms with Gasteiger partial charge in [0.25, 0.3) is 0 Å². The molecule has 17 heavy (non-hydrogen) atoms. The molecular formula is C13H27N3O. The lowest BCUT2D eigenvalue weighted by Crippen LogP contribution is -2.54. The molecule has 4 nitrogen and oxygen atoms in total. The van der Waals surface area contributed by atoms with E-state index in [1.54, 1.807) is 0 Å². The molecule has 0 aliphatic carbocycles. The van der Waals surface area contributed by atoms with Gasteiger partial charge in [0, 0.05) is 38.1 Å². The van der Waals surface area contributed by atoms with Crippen LogP contribution < -0.4 is 5.73 Å². The Morgan fingerprint density at radius 1 is 1.24 bits per heavy atom. The molecule has 0 bridgehead atoms. The van der Waals surface area contributed by atoms with Gasteiger partial charge in [0.15, 0.2) is 0 Å². The van der Waals surface area contributed by atoms with Crippen molar-refractivity contribution in [2.75, 3.05) is 32.7 Å². The maximum Gasteiger partial charge on any atom is 0.222 e. The van der Waals surface area contributed by atoms with Gasteiger partial charge in [0.1, 0.15) is 0 Å². The second-order valence-corrected chi connectivity index (χ2v) is 6.08. The van der Waals surface area contributed by atoms with Gasteiger partial charge in [-0.3, -0.25) is 9.69 Å². The fourth-order valence-electron chi connectivity index (χ4n) is 2.14. The van der Waals surface area contributed by atoms with Crippen LogP contribution in [0.25, 0.3) is 0 Å². The van der Waals surface area contributed by atoms with Crippen LogP contribution in [-0.4, -0.2) is 54.0 Å². The molecule has 0 aromatic carbocycles. The number of carbonyl (C=O) groups is 1. The van der Waals surface area contributed by atoms with Gasteiger partial charge in [-0.2, -0.15) is 0 Å². The van der Waals surface area contributed by atoms with Gasteiger partial charge in [0.2, 0.25) is 5.91 Å². The van der Waals surface area contributed by atoms with E-state index in [0.717, 1.165) is 26.2 Å². The van der Waals surface area contributed by atoms with Gasteiger partial charge in [-0.15, -0.1) is 0 Å². The Morgan fingerprint density at radius 2 is 1.76 bits per heavy atom. The first-order chi connectivity index (χ1) is 7.84. The summed E-state index contributed by atoms with van der Waals surface area (Å²) in [5.41, 5.74) is 5.76. The molecule has 1 saturated heterocycles. The van der Waals surface area contributed by atoms with Crippen LogP contribution in [0.4, 0.5) is 0 Å². The number of nitrogens with two attached hydrogens (primary N) is 1. The summed E-state index contributed by atoms with van der Waals surface area (Å²) in [5, 5.41) is 0. The number of amides is 1. The number of piperazine rings is 1. The van der Waals surface area contributed by atoms with Crippen LogP contribution in [0.1, 0.15) is 34.1 Å². The van der Waals surface area contributed by atoms with Gasteiger partial charge < -0.3 is 10.6 Å². The SMILES string of the molecule is CC(CN)CC(=O)N1CCN(C(C)(C)C)CC1. The van der Waals surface area contributed by atoms with E-state index < -0.39 is 0 Å². The maximum absolute atomic E-state index is 12.0. The molecule has 1 aliphatic rings. The number of nitrogens with zero attached hydrogens (tertiary/aromatic N) is 2. The third kappa shape index (κ3) is 4.28. The van der Waals surface area contributed by atoms with Crippen molar-refractivity contribution in [3.63, 3.8) is 0 Å². The summed E-state index contributed by atoms with van der Waals surface area (Å²) in [6.07, 6.45) is 0.589. The Balaban J connectivity index is 2.39. The summed E-state index contributed by atoms with van der Waals surface area (Å²) >= 11 is 0. The highest BCUT2D eigenvalue weighted by Gasteiger charge is 2.27. The third-order valence-corrected chi connectivity index (χ3v) is 3.51. The normalized spacial score (nSPS) is 20.4. The highest BCUT2D eigenvalue weighted by molar-refractivity contribution is 5.76. The van der Waals surface area contributed by atoms with E-state index in [4.69, 9.17) is 5.73 Å². The molecule has 2 N–H and O–H groups in total.